The quantitative estimate of drug-likeness (QED) is 0.221. The second-order valence-electron chi connectivity index (χ2n) is 11.0. The van der Waals surface area contributed by atoms with E-state index in [1.165, 1.54) is 5.69 Å². The fourth-order valence-electron chi connectivity index (χ4n) is 5.75. The zero-order chi connectivity index (χ0) is 29.6. The number of nitrogens with one attached hydrogen (secondary N) is 2. The molecule has 1 aliphatic heterocycles. The molecule has 1 saturated heterocycles. The number of nitrogens with two attached hydrogens (primary N) is 2. The van der Waals surface area contributed by atoms with Crippen LogP contribution in [0.4, 0.5) is 36.2 Å². The molecule has 0 spiro atoms. The summed E-state index contributed by atoms with van der Waals surface area (Å²) in [4.78, 5) is 27.1. The van der Waals surface area contributed by atoms with Crippen LogP contribution in [-0.2, 0) is 11.2 Å². The van der Waals surface area contributed by atoms with Crippen LogP contribution in [0.5, 0.6) is 0 Å². The highest BCUT2D eigenvalue weighted by Crippen LogP contribution is 2.32. The van der Waals surface area contributed by atoms with E-state index in [1.54, 1.807) is 6.20 Å². The number of hydrogen-bond acceptors (Lipinski definition) is 6. The Hall–Kier alpha value is -4.35. The molecule has 6 N–H and O–H groups in total. The molecule has 1 aliphatic carbocycles. The summed E-state index contributed by atoms with van der Waals surface area (Å²) in [5.41, 5.74) is 13.1. The molecule has 2 aromatic carbocycles. The molecule has 0 bridgehead atoms. The summed E-state index contributed by atoms with van der Waals surface area (Å²) >= 11 is 0. The predicted octanol–water partition coefficient (Wildman–Crippen LogP) is 4.87. The Labute approximate surface area is 242 Å². The van der Waals surface area contributed by atoms with Crippen molar-refractivity contribution in [1.29, 1.82) is 0 Å². The van der Waals surface area contributed by atoms with Crippen molar-refractivity contribution in [2.45, 2.75) is 51.0 Å². The topological polar surface area (TPSA) is 135 Å². The lowest BCUT2D eigenvalue weighted by Gasteiger charge is -2.35. The molecule has 5 rings (SSSR count). The van der Waals surface area contributed by atoms with Crippen LogP contribution in [0.3, 0.4) is 0 Å². The minimum absolute atomic E-state index is 0.122. The van der Waals surface area contributed by atoms with Gasteiger partial charge in [-0.15, -0.1) is 0 Å². The third-order valence-electron chi connectivity index (χ3n) is 7.95. The number of nitrogens with zero attached hydrogens (tertiary/aromatic N) is 4. The first-order valence-electron chi connectivity index (χ1n) is 14.2. The van der Waals surface area contributed by atoms with Crippen LogP contribution < -0.4 is 27.0 Å². The first kappa shape index (κ1) is 29.2. The zero-order valence-corrected chi connectivity index (χ0v) is 23.2. The number of hydrogen-bond donors (Lipinski definition) is 4. The van der Waals surface area contributed by atoms with Gasteiger partial charge in [0.25, 0.3) is 0 Å². The van der Waals surface area contributed by atoms with Gasteiger partial charge in [-0.25, -0.2) is 28.1 Å². The summed E-state index contributed by atoms with van der Waals surface area (Å²) in [6.07, 6.45) is 7.16. The molecule has 222 valence electrons. The molecule has 1 amide bonds. The second kappa shape index (κ2) is 13.1. The number of carbonyl (C=O) groups excluding carboxylic acids is 1. The lowest BCUT2D eigenvalue weighted by atomic mass is 9.79. The van der Waals surface area contributed by atoms with Crippen molar-refractivity contribution in [3.63, 3.8) is 0 Å². The van der Waals surface area contributed by atoms with Gasteiger partial charge in [-0.3, -0.25) is 4.79 Å². The molecule has 2 heterocycles. The molecule has 0 unspecified atom stereocenters. The molecule has 1 atom stereocenters. The largest absolute Gasteiger partial charge is 0.369 e. The molecule has 0 radical (unpaired) electrons. The third-order valence-corrected chi connectivity index (χ3v) is 7.95. The molecule has 3 aromatic rings. The number of para-hydroxylation sites is 1. The third kappa shape index (κ3) is 7.29. The van der Waals surface area contributed by atoms with Gasteiger partial charge in [0.15, 0.2) is 17.6 Å². The van der Waals surface area contributed by atoms with E-state index in [4.69, 9.17) is 16.5 Å². The number of benzene rings is 2. The van der Waals surface area contributed by atoms with Gasteiger partial charge in [-0.2, -0.15) is 0 Å². The Kier molecular flexibility index (Phi) is 9.09. The zero-order valence-electron chi connectivity index (χ0n) is 23.2. The number of aliphatic imine (C=N–C) groups is 1. The van der Waals surface area contributed by atoms with Gasteiger partial charge >= 0.3 is 0 Å². The fraction of sp³-hybridized carbons (Fsp3) is 0.400. The first-order chi connectivity index (χ1) is 20.2. The number of piperidine rings is 1. The van der Waals surface area contributed by atoms with Crippen LogP contribution in [0, 0.1) is 29.3 Å². The van der Waals surface area contributed by atoms with E-state index >= 15 is 0 Å². The van der Waals surface area contributed by atoms with Gasteiger partial charge in [-0.1, -0.05) is 18.2 Å². The molecular weight excluding hydrogens is 545 g/mol. The minimum Gasteiger partial charge on any atom is -0.369 e. The maximum atomic E-state index is 14.2. The van der Waals surface area contributed by atoms with Crippen LogP contribution >= 0.6 is 0 Å². The smallest absolute Gasteiger partial charge is 0.223 e. The average molecular weight is 581 g/mol. The highest BCUT2D eigenvalue weighted by Gasteiger charge is 2.27. The van der Waals surface area contributed by atoms with Crippen molar-refractivity contribution in [2.75, 3.05) is 28.6 Å². The van der Waals surface area contributed by atoms with Crippen LogP contribution in [0.2, 0.25) is 0 Å². The molecule has 2 fully saturated rings. The van der Waals surface area contributed by atoms with Crippen molar-refractivity contribution < 1.29 is 18.0 Å². The van der Waals surface area contributed by atoms with E-state index < -0.39 is 23.1 Å². The lowest BCUT2D eigenvalue weighted by molar-refractivity contribution is -0.122. The van der Waals surface area contributed by atoms with Crippen LogP contribution in [0.15, 0.2) is 53.7 Å². The van der Waals surface area contributed by atoms with E-state index in [0.29, 0.717) is 48.7 Å². The number of rotatable bonds is 8. The van der Waals surface area contributed by atoms with E-state index in [9.17, 15) is 18.0 Å². The van der Waals surface area contributed by atoms with E-state index in [0.717, 1.165) is 38.8 Å². The molecular formula is C30H35F3N8O. The van der Waals surface area contributed by atoms with Gasteiger partial charge in [0.2, 0.25) is 11.9 Å². The van der Waals surface area contributed by atoms with Crippen LogP contribution in [0.25, 0.3) is 0 Å². The molecule has 9 nitrogen and oxygen atoms in total. The minimum atomic E-state index is -1.17. The van der Waals surface area contributed by atoms with Crippen molar-refractivity contribution >= 4 is 34.9 Å². The van der Waals surface area contributed by atoms with Gasteiger partial charge in [0.05, 0.1) is 17.6 Å². The predicted molar refractivity (Wildman–Crippen MR) is 157 cm³/mol. The number of aromatic nitrogens is 2. The van der Waals surface area contributed by atoms with Gasteiger partial charge < -0.3 is 27.0 Å². The number of amides is 1. The maximum Gasteiger partial charge on any atom is 0.223 e. The maximum absolute atomic E-state index is 14.2. The normalized spacial score (nSPS) is 21.2. The summed E-state index contributed by atoms with van der Waals surface area (Å²) in [6, 6.07) is 11.5. The van der Waals surface area contributed by atoms with Crippen molar-refractivity contribution in [2.24, 2.45) is 28.3 Å². The second-order valence-corrected chi connectivity index (χ2v) is 11.0. The van der Waals surface area contributed by atoms with Crippen molar-refractivity contribution in [3.05, 3.63) is 71.8 Å². The average Bonchev–Trinajstić information content (AvgIpc) is 2.97. The molecule has 2 aliphatic rings. The Morgan fingerprint density at radius 3 is 2.43 bits per heavy atom. The summed E-state index contributed by atoms with van der Waals surface area (Å²) in [5, 5.41) is 6.34. The molecule has 1 aromatic heterocycles. The van der Waals surface area contributed by atoms with Crippen molar-refractivity contribution in [3.8, 4) is 0 Å². The fourth-order valence-corrected chi connectivity index (χ4v) is 5.75. The highest BCUT2D eigenvalue weighted by molar-refractivity contribution is 5.94. The van der Waals surface area contributed by atoms with Crippen LogP contribution in [-0.4, -0.2) is 41.0 Å². The summed E-state index contributed by atoms with van der Waals surface area (Å²) in [7, 11) is 0. The number of carbonyl (C=O) groups is 1. The Balaban J connectivity index is 1.35. The monoisotopic (exact) mass is 580 g/mol. The Morgan fingerprint density at radius 2 is 1.74 bits per heavy atom. The lowest BCUT2D eigenvalue weighted by Crippen LogP contribution is -2.42. The Morgan fingerprint density at radius 1 is 1.02 bits per heavy atom. The molecule has 12 heteroatoms. The summed E-state index contributed by atoms with van der Waals surface area (Å²) < 4.78 is 41.6. The van der Waals surface area contributed by atoms with Crippen molar-refractivity contribution in [1.82, 2.24) is 9.97 Å². The van der Waals surface area contributed by atoms with E-state index in [2.05, 4.69) is 37.6 Å². The van der Waals surface area contributed by atoms with Gasteiger partial charge in [-0.05, 0) is 63.0 Å². The van der Waals surface area contributed by atoms with E-state index in [-0.39, 0.29) is 29.7 Å². The van der Waals surface area contributed by atoms with E-state index in [1.807, 2.05) is 18.2 Å². The van der Waals surface area contributed by atoms with Gasteiger partial charge in [0, 0.05) is 42.9 Å². The summed E-state index contributed by atoms with van der Waals surface area (Å²) in [5.74, 6) is -3.37. The van der Waals surface area contributed by atoms with Crippen LogP contribution in [0.1, 0.15) is 44.2 Å². The standard InChI is InChI=1S/C30H35F3N8O/c31-20-14-23(32)27(24(33)15-20)40-29(35)38-26-16-36-30(39-25(26)13-18-8-10-19(11-9-18)28(34)42)37-21-5-4-12-41(17-21)22-6-2-1-3-7-22/h1-3,6-7,14-16,18-19,21H,4-5,8-13,17H2,(H2,34,42)(H3,35,38,40)(H,36,37,39)/t18?,19?,21-/m1/s1. The number of halogens is 3. The first-order valence-corrected chi connectivity index (χ1v) is 14.2. The number of guanidine groups is 1. The number of primary amides is 1. The summed E-state index contributed by atoms with van der Waals surface area (Å²) in [6.45, 7) is 1.77. The molecule has 1 saturated carbocycles. The number of anilines is 3. The SMILES string of the molecule is NC(=O)C1CCC(Cc2nc(N[C@@H]3CCCN(c4ccccc4)C3)ncc2NC(N)=Nc2c(F)cc(F)cc2F)CC1. The van der Waals surface area contributed by atoms with Gasteiger partial charge in [0.1, 0.15) is 11.5 Å². The Bertz CT molecular complexity index is 1410. The molecule has 42 heavy (non-hydrogen) atoms. The highest BCUT2D eigenvalue weighted by atomic mass is 19.1.